The highest BCUT2D eigenvalue weighted by atomic mass is 19.1. The van der Waals surface area contributed by atoms with Crippen LogP contribution in [-0.4, -0.2) is 71.8 Å². The van der Waals surface area contributed by atoms with Crippen molar-refractivity contribution >= 4 is 11.8 Å². The molecule has 0 spiro atoms. The van der Waals surface area contributed by atoms with Crippen LogP contribution in [0.4, 0.5) is 4.39 Å². The molecule has 8 nitrogen and oxygen atoms in total. The van der Waals surface area contributed by atoms with Gasteiger partial charge in [-0.1, -0.05) is 56.0 Å². The molecular weight excluding hydrogens is 501 g/mol. The Morgan fingerprint density at radius 1 is 1.31 bits per heavy atom. The molecule has 1 aliphatic heterocycles. The molecule has 3 atom stereocenters. The fraction of sp³-hybridized carbons (Fsp3) is 0.467. The third kappa shape index (κ3) is 10.2. The fourth-order valence-corrected chi connectivity index (χ4v) is 4.30. The first-order valence-electron chi connectivity index (χ1n) is 13.2. The van der Waals surface area contributed by atoms with Gasteiger partial charge in [0.15, 0.2) is 6.23 Å². The minimum Gasteiger partial charge on any atom is -0.496 e. The molecule has 1 heterocycles. The Kier molecular flexibility index (Phi) is 13.3. The van der Waals surface area contributed by atoms with Crippen LogP contribution < -0.4 is 5.32 Å². The van der Waals surface area contributed by atoms with Crippen LogP contribution in [0.3, 0.4) is 0 Å². The minimum atomic E-state index is -1.56. The second kappa shape index (κ2) is 16.1. The van der Waals surface area contributed by atoms with E-state index in [2.05, 4.69) is 16.8 Å². The lowest BCUT2D eigenvalue weighted by Gasteiger charge is -2.35. The Bertz CT molecular complexity index is 1070. The number of nitrogens with one attached hydrogen (secondary N) is 1. The Balaban J connectivity index is 2.17. The molecule has 2 N–H and O–H groups in total. The highest BCUT2D eigenvalue weighted by Gasteiger charge is 2.24. The van der Waals surface area contributed by atoms with Gasteiger partial charge < -0.3 is 14.6 Å². The van der Waals surface area contributed by atoms with E-state index < -0.39 is 18.0 Å². The Morgan fingerprint density at radius 2 is 1.97 bits per heavy atom. The number of benzene rings is 1. The van der Waals surface area contributed by atoms with Gasteiger partial charge in [0.2, 0.25) is 5.91 Å². The van der Waals surface area contributed by atoms with Crippen molar-refractivity contribution in [2.45, 2.75) is 65.7 Å². The quantitative estimate of drug-likeness (QED) is 0.222. The maximum Gasteiger partial charge on any atom is 0.270 e. The summed E-state index contributed by atoms with van der Waals surface area (Å²) in [6.45, 7) is 13.4. The SMILES string of the molecule is C=CC(=C/C=C\C)/C(=C/OCc1cccc(CN2CC(C)OC(C)C2)c1F)CN(C)C(O)C(=O)NC(=O)CC. The number of carbonyl (C=O) groups is 2. The fourth-order valence-electron chi connectivity index (χ4n) is 4.30. The zero-order chi connectivity index (χ0) is 28.9. The van der Waals surface area contributed by atoms with Gasteiger partial charge >= 0.3 is 0 Å². The van der Waals surface area contributed by atoms with Crippen molar-refractivity contribution in [2.24, 2.45) is 0 Å². The van der Waals surface area contributed by atoms with Crippen LogP contribution in [0.5, 0.6) is 0 Å². The highest BCUT2D eigenvalue weighted by Crippen LogP contribution is 2.20. The number of amides is 2. The topological polar surface area (TPSA) is 91.3 Å². The smallest absolute Gasteiger partial charge is 0.270 e. The van der Waals surface area contributed by atoms with Gasteiger partial charge in [-0.3, -0.25) is 24.7 Å². The van der Waals surface area contributed by atoms with Crippen molar-refractivity contribution in [3.63, 3.8) is 0 Å². The molecule has 1 aliphatic rings. The number of halogens is 1. The molecule has 214 valence electrons. The highest BCUT2D eigenvalue weighted by molar-refractivity contribution is 5.96. The number of aliphatic hydroxyl groups is 1. The van der Waals surface area contributed by atoms with Gasteiger partial charge in [0.05, 0.1) is 18.5 Å². The van der Waals surface area contributed by atoms with Gasteiger partial charge in [-0.25, -0.2) is 4.39 Å². The standard InChI is InChI=1S/C30H42FN3O5/c1-7-10-12-23(8-2)26(17-33(6)30(37)29(36)32-27(35)9-3)20-38-19-25-14-11-13-24(28(25)31)18-34-15-21(4)39-22(5)16-34/h7-8,10-14,20-22,30,37H,2,9,15-19H2,1,3-6H3,(H,32,35,36)/b10-7-,23-12-,26-20+. The average molecular weight is 544 g/mol. The molecular formula is C30H42FN3O5. The maximum absolute atomic E-state index is 15.4. The van der Waals surface area contributed by atoms with Crippen LogP contribution in [0, 0.1) is 5.82 Å². The molecule has 1 aromatic rings. The number of likely N-dealkylation sites (N-methyl/N-ethyl adjacent to an activating group) is 1. The van der Waals surface area contributed by atoms with Gasteiger partial charge in [0, 0.05) is 49.3 Å². The van der Waals surface area contributed by atoms with Crippen molar-refractivity contribution in [3.8, 4) is 0 Å². The Morgan fingerprint density at radius 3 is 2.59 bits per heavy atom. The number of morpholine rings is 1. The number of hydrogen-bond donors (Lipinski definition) is 2. The van der Waals surface area contributed by atoms with Crippen molar-refractivity contribution in [1.82, 2.24) is 15.1 Å². The molecule has 3 unspecified atom stereocenters. The second-order valence-corrected chi connectivity index (χ2v) is 9.70. The molecule has 0 aromatic heterocycles. The van der Waals surface area contributed by atoms with E-state index in [0.29, 0.717) is 28.8 Å². The van der Waals surface area contributed by atoms with E-state index in [0.717, 1.165) is 13.1 Å². The van der Waals surface area contributed by atoms with Crippen molar-refractivity contribution in [3.05, 3.63) is 83.4 Å². The summed E-state index contributed by atoms with van der Waals surface area (Å²) in [5, 5.41) is 12.6. The third-order valence-electron chi connectivity index (χ3n) is 6.23. The zero-order valence-corrected chi connectivity index (χ0v) is 23.7. The van der Waals surface area contributed by atoms with Crippen LogP contribution in [0.25, 0.3) is 0 Å². The van der Waals surface area contributed by atoms with Crippen LogP contribution in [0.15, 0.2) is 66.5 Å². The van der Waals surface area contributed by atoms with E-state index in [1.54, 1.807) is 32.2 Å². The van der Waals surface area contributed by atoms with E-state index >= 15 is 4.39 Å². The summed E-state index contributed by atoms with van der Waals surface area (Å²) >= 11 is 0. The monoisotopic (exact) mass is 543 g/mol. The van der Waals surface area contributed by atoms with Crippen molar-refractivity contribution in [2.75, 3.05) is 26.7 Å². The van der Waals surface area contributed by atoms with Gasteiger partial charge in [0.25, 0.3) is 5.91 Å². The number of aliphatic hydroxyl groups excluding tert-OH is 1. The third-order valence-corrected chi connectivity index (χ3v) is 6.23. The molecule has 0 bridgehead atoms. The summed E-state index contributed by atoms with van der Waals surface area (Å²) in [4.78, 5) is 27.3. The number of allylic oxidation sites excluding steroid dienone is 4. The van der Waals surface area contributed by atoms with Gasteiger partial charge in [0.1, 0.15) is 12.4 Å². The molecule has 1 fully saturated rings. The van der Waals surface area contributed by atoms with Crippen LogP contribution in [0.2, 0.25) is 0 Å². The molecule has 0 radical (unpaired) electrons. The normalized spacial score (nSPS) is 19.8. The first-order chi connectivity index (χ1) is 18.6. The lowest BCUT2D eigenvalue weighted by atomic mass is 10.1. The van der Waals surface area contributed by atoms with Crippen LogP contribution in [-0.2, 0) is 32.2 Å². The van der Waals surface area contributed by atoms with Gasteiger partial charge in [-0.2, -0.15) is 0 Å². The lowest BCUT2D eigenvalue weighted by molar-refractivity contribution is -0.142. The molecule has 0 aliphatic carbocycles. The predicted octanol–water partition coefficient (Wildman–Crippen LogP) is 3.83. The van der Waals surface area contributed by atoms with E-state index in [-0.39, 0.29) is 37.6 Å². The predicted molar refractivity (Wildman–Crippen MR) is 150 cm³/mol. The first-order valence-corrected chi connectivity index (χ1v) is 13.2. The number of ether oxygens (including phenoxy) is 2. The number of nitrogens with zero attached hydrogens (tertiary/aromatic N) is 2. The van der Waals surface area contributed by atoms with E-state index in [1.807, 2.05) is 45.1 Å². The second-order valence-electron chi connectivity index (χ2n) is 9.70. The summed E-state index contributed by atoms with van der Waals surface area (Å²) in [6, 6.07) is 5.29. The summed E-state index contributed by atoms with van der Waals surface area (Å²) in [5.41, 5.74) is 2.31. The summed E-state index contributed by atoms with van der Waals surface area (Å²) in [5.74, 6) is -1.60. The maximum atomic E-state index is 15.4. The van der Waals surface area contributed by atoms with Crippen molar-refractivity contribution < 1.29 is 28.6 Å². The number of hydrogen-bond acceptors (Lipinski definition) is 7. The number of carbonyl (C=O) groups excluding carboxylic acids is 2. The molecule has 1 saturated heterocycles. The summed E-state index contributed by atoms with van der Waals surface area (Å²) < 4.78 is 27.0. The van der Waals surface area contributed by atoms with E-state index in [1.165, 1.54) is 11.2 Å². The molecule has 9 heteroatoms. The Labute approximate surface area is 231 Å². The van der Waals surface area contributed by atoms with Crippen molar-refractivity contribution in [1.29, 1.82) is 0 Å². The average Bonchev–Trinajstić information content (AvgIpc) is 2.89. The molecule has 0 saturated carbocycles. The number of rotatable bonds is 13. The minimum absolute atomic E-state index is 0.00904. The van der Waals surface area contributed by atoms with E-state index in [4.69, 9.17) is 9.47 Å². The molecule has 1 aromatic carbocycles. The van der Waals surface area contributed by atoms with Crippen LogP contribution in [0.1, 0.15) is 45.2 Å². The van der Waals surface area contributed by atoms with Gasteiger partial charge in [-0.15, -0.1) is 0 Å². The zero-order valence-electron chi connectivity index (χ0n) is 23.7. The largest absolute Gasteiger partial charge is 0.496 e. The van der Waals surface area contributed by atoms with E-state index in [9.17, 15) is 14.7 Å². The summed E-state index contributed by atoms with van der Waals surface area (Å²) in [7, 11) is 1.54. The van der Waals surface area contributed by atoms with Gasteiger partial charge in [-0.05, 0) is 33.4 Å². The van der Waals surface area contributed by atoms with Crippen LogP contribution >= 0.6 is 0 Å². The molecule has 2 amide bonds. The molecule has 39 heavy (non-hydrogen) atoms. The Hall–Kier alpha value is -3.11. The summed E-state index contributed by atoms with van der Waals surface area (Å²) in [6.07, 6.45) is 7.34. The lowest BCUT2D eigenvalue weighted by Crippen LogP contribution is -2.47. The molecule has 2 rings (SSSR count). The number of imide groups is 1. The first kappa shape index (κ1) is 32.1.